The molecule has 8 heteroatoms. The van der Waals surface area contributed by atoms with E-state index in [0.29, 0.717) is 31.3 Å². The summed E-state index contributed by atoms with van der Waals surface area (Å²) in [5, 5.41) is 17.1. The molecular formula is C14H23IN4O3. The third-order valence-corrected chi connectivity index (χ3v) is 2.82. The molecule has 0 unspecified atom stereocenters. The molecule has 0 saturated carbocycles. The lowest BCUT2D eigenvalue weighted by Gasteiger charge is -2.12. The maximum Gasteiger partial charge on any atom is 0.274 e. The maximum atomic E-state index is 10.9. The highest BCUT2D eigenvalue weighted by molar-refractivity contribution is 14.0. The highest BCUT2D eigenvalue weighted by atomic mass is 127. The molecule has 0 aliphatic heterocycles. The second-order valence-electron chi connectivity index (χ2n) is 4.29. The van der Waals surface area contributed by atoms with Gasteiger partial charge in [0.05, 0.1) is 4.92 Å². The van der Waals surface area contributed by atoms with Crippen LogP contribution in [0.2, 0.25) is 0 Å². The van der Waals surface area contributed by atoms with Crippen molar-refractivity contribution in [2.75, 3.05) is 26.8 Å². The number of hydrogen-bond acceptors (Lipinski definition) is 4. The number of nitrogens with one attached hydrogen (secondary N) is 2. The fraction of sp³-hybridized carbons (Fsp3) is 0.500. The van der Waals surface area contributed by atoms with Gasteiger partial charge in [-0.2, -0.15) is 0 Å². The predicted molar refractivity (Wildman–Crippen MR) is 97.8 cm³/mol. The summed E-state index contributed by atoms with van der Waals surface area (Å²) in [5.41, 5.74) is 0.733. The molecule has 0 radical (unpaired) electrons. The third kappa shape index (κ3) is 7.55. The van der Waals surface area contributed by atoms with Crippen molar-refractivity contribution in [1.29, 1.82) is 0 Å². The number of nitrogens with zero attached hydrogens (tertiary/aromatic N) is 2. The van der Waals surface area contributed by atoms with Crippen molar-refractivity contribution in [1.82, 2.24) is 10.6 Å². The Morgan fingerprint density at radius 2 is 2.09 bits per heavy atom. The van der Waals surface area contributed by atoms with Gasteiger partial charge in [0.1, 0.15) is 0 Å². The van der Waals surface area contributed by atoms with Crippen LogP contribution in [0, 0.1) is 10.1 Å². The van der Waals surface area contributed by atoms with Gasteiger partial charge in [-0.25, -0.2) is 0 Å². The summed E-state index contributed by atoms with van der Waals surface area (Å²) in [5.74, 6) is 0.615. The van der Waals surface area contributed by atoms with Crippen LogP contribution < -0.4 is 10.6 Å². The first-order valence-corrected chi connectivity index (χ1v) is 6.93. The topological polar surface area (TPSA) is 88.8 Å². The van der Waals surface area contributed by atoms with Gasteiger partial charge in [0.25, 0.3) is 5.69 Å². The molecule has 0 aliphatic carbocycles. The van der Waals surface area contributed by atoms with E-state index < -0.39 is 0 Å². The summed E-state index contributed by atoms with van der Waals surface area (Å²) in [7, 11) is 1.66. The minimum atomic E-state index is -0.380. The Labute approximate surface area is 147 Å². The van der Waals surface area contributed by atoms with Crippen LogP contribution in [0.1, 0.15) is 18.9 Å². The molecule has 1 aromatic carbocycles. The second-order valence-corrected chi connectivity index (χ2v) is 4.29. The molecule has 2 N–H and O–H groups in total. The van der Waals surface area contributed by atoms with Gasteiger partial charge < -0.3 is 15.4 Å². The van der Waals surface area contributed by atoms with E-state index in [9.17, 15) is 10.1 Å². The Balaban J connectivity index is 0.00000441. The summed E-state index contributed by atoms with van der Waals surface area (Å²) in [6.45, 7) is 4.45. The number of rotatable bonds is 8. The summed E-state index contributed by atoms with van der Waals surface area (Å²) < 4.78 is 5.25. The lowest BCUT2D eigenvalue weighted by Crippen LogP contribution is -2.37. The van der Waals surface area contributed by atoms with Crippen LogP contribution in [0.4, 0.5) is 5.69 Å². The van der Waals surface area contributed by atoms with Crippen LogP contribution in [-0.2, 0) is 11.3 Å². The number of nitro groups is 1. The smallest absolute Gasteiger partial charge is 0.274 e. The van der Waals surface area contributed by atoms with E-state index in [0.717, 1.165) is 13.0 Å². The van der Waals surface area contributed by atoms with Crippen molar-refractivity contribution < 1.29 is 9.66 Å². The number of ether oxygens (including phenoxy) is 1. The Bertz CT molecular complexity index is 483. The van der Waals surface area contributed by atoms with Gasteiger partial charge in [-0.3, -0.25) is 15.1 Å². The first-order valence-electron chi connectivity index (χ1n) is 6.93. The average molecular weight is 422 g/mol. The number of aliphatic imine (C=N–C) groups is 1. The van der Waals surface area contributed by atoms with E-state index in [1.165, 1.54) is 6.07 Å². The minimum Gasteiger partial charge on any atom is -0.382 e. The Morgan fingerprint density at radius 3 is 2.73 bits per heavy atom. The lowest BCUT2D eigenvalue weighted by molar-refractivity contribution is -0.385. The predicted octanol–water partition coefficient (Wildman–Crippen LogP) is 2.30. The van der Waals surface area contributed by atoms with E-state index >= 15 is 0 Å². The van der Waals surface area contributed by atoms with Crippen LogP contribution >= 0.6 is 24.0 Å². The fourth-order valence-electron chi connectivity index (χ4n) is 1.76. The van der Waals surface area contributed by atoms with Crippen LogP contribution in [0.3, 0.4) is 0 Å². The van der Waals surface area contributed by atoms with E-state index in [1.54, 1.807) is 25.2 Å². The summed E-state index contributed by atoms with van der Waals surface area (Å²) in [4.78, 5) is 14.6. The molecule has 0 atom stereocenters. The quantitative estimate of drug-likeness (QED) is 0.168. The highest BCUT2D eigenvalue weighted by Crippen LogP contribution is 2.16. The SMILES string of the molecule is CCOCCCNC(=NC)NCc1ccccc1[N+](=O)[O-].I. The zero-order chi connectivity index (χ0) is 15.5. The summed E-state index contributed by atoms with van der Waals surface area (Å²) in [6, 6.07) is 6.66. The largest absolute Gasteiger partial charge is 0.382 e. The highest BCUT2D eigenvalue weighted by Gasteiger charge is 2.12. The van der Waals surface area contributed by atoms with Crippen LogP contribution in [0.25, 0.3) is 0 Å². The number of guanidine groups is 1. The summed E-state index contributed by atoms with van der Waals surface area (Å²) >= 11 is 0. The summed E-state index contributed by atoms with van der Waals surface area (Å²) in [6.07, 6.45) is 0.875. The number of para-hydroxylation sites is 1. The van der Waals surface area contributed by atoms with Crippen molar-refractivity contribution in [3.05, 3.63) is 39.9 Å². The molecule has 0 spiro atoms. The second kappa shape index (κ2) is 12.2. The molecule has 124 valence electrons. The molecule has 1 rings (SSSR count). The normalized spacial score (nSPS) is 10.7. The lowest BCUT2D eigenvalue weighted by atomic mass is 10.2. The molecule has 0 aliphatic rings. The van der Waals surface area contributed by atoms with Gasteiger partial charge in [-0.1, -0.05) is 18.2 Å². The van der Waals surface area contributed by atoms with E-state index in [4.69, 9.17) is 4.74 Å². The zero-order valence-corrected chi connectivity index (χ0v) is 15.2. The Kier molecular flexibility index (Phi) is 11.4. The van der Waals surface area contributed by atoms with Gasteiger partial charge >= 0.3 is 0 Å². The zero-order valence-electron chi connectivity index (χ0n) is 12.9. The number of benzene rings is 1. The number of hydrogen-bond donors (Lipinski definition) is 2. The van der Waals surface area contributed by atoms with Crippen molar-refractivity contribution in [2.24, 2.45) is 4.99 Å². The van der Waals surface area contributed by atoms with Crippen LogP contribution in [0.5, 0.6) is 0 Å². The van der Waals surface area contributed by atoms with Crippen molar-refractivity contribution in [3.63, 3.8) is 0 Å². The average Bonchev–Trinajstić information content (AvgIpc) is 2.50. The van der Waals surface area contributed by atoms with Crippen molar-refractivity contribution in [3.8, 4) is 0 Å². The molecule has 0 bridgehead atoms. The van der Waals surface area contributed by atoms with E-state index in [1.807, 2.05) is 6.92 Å². The number of nitro benzene ring substituents is 1. The van der Waals surface area contributed by atoms with Gasteiger partial charge in [0, 0.05) is 45.0 Å². The third-order valence-electron chi connectivity index (χ3n) is 2.82. The van der Waals surface area contributed by atoms with Gasteiger partial charge in [0.15, 0.2) is 5.96 Å². The van der Waals surface area contributed by atoms with Crippen molar-refractivity contribution in [2.45, 2.75) is 19.9 Å². The molecule has 0 amide bonds. The van der Waals surface area contributed by atoms with Crippen LogP contribution in [0.15, 0.2) is 29.3 Å². The minimum absolute atomic E-state index is 0. The molecule has 0 aromatic heterocycles. The Morgan fingerprint density at radius 1 is 1.36 bits per heavy atom. The molecule has 22 heavy (non-hydrogen) atoms. The Hall–Kier alpha value is -1.42. The standard InChI is InChI=1S/C14H22N4O3.HI/c1-3-21-10-6-9-16-14(15-2)17-11-12-7-4-5-8-13(12)18(19)20;/h4-5,7-8H,3,6,9-11H2,1-2H3,(H2,15,16,17);1H. The monoisotopic (exact) mass is 422 g/mol. The van der Waals surface area contributed by atoms with Gasteiger partial charge in [-0.15, -0.1) is 24.0 Å². The fourth-order valence-corrected chi connectivity index (χ4v) is 1.76. The van der Waals surface area contributed by atoms with Gasteiger partial charge in [-0.05, 0) is 13.3 Å². The molecule has 0 heterocycles. The van der Waals surface area contributed by atoms with E-state index in [-0.39, 0.29) is 34.6 Å². The molecule has 1 aromatic rings. The molecular weight excluding hydrogens is 399 g/mol. The maximum absolute atomic E-state index is 10.9. The molecule has 7 nitrogen and oxygen atoms in total. The first kappa shape index (κ1) is 20.6. The van der Waals surface area contributed by atoms with Crippen LogP contribution in [-0.4, -0.2) is 37.7 Å². The number of halogens is 1. The first-order chi connectivity index (χ1) is 10.2. The molecule has 0 fully saturated rings. The van der Waals surface area contributed by atoms with Crippen molar-refractivity contribution >= 4 is 35.6 Å². The van der Waals surface area contributed by atoms with E-state index in [2.05, 4.69) is 15.6 Å². The molecule has 0 saturated heterocycles. The van der Waals surface area contributed by atoms with Gasteiger partial charge in [0.2, 0.25) is 0 Å².